The fourth-order valence-electron chi connectivity index (χ4n) is 14.6. The second kappa shape index (κ2) is 55.1. The van der Waals surface area contributed by atoms with E-state index in [2.05, 4.69) is 79.4 Å². The van der Waals surface area contributed by atoms with Gasteiger partial charge in [0.05, 0.1) is 12.6 Å². The number of benzene rings is 4. The van der Waals surface area contributed by atoms with Crippen LogP contribution in [0.2, 0.25) is 0 Å². The predicted molar refractivity (Wildman–Crippen MR) is 496 cm³/mol. The fraction of sp³-hybridized carbons (Fsp3) is 0.558. The van der Waals surface area contributed by atoms with Crippen LogP contribution in [0.4, 0.5) is 0 Å². The summed E-state index contributed by atoms with van der Waals surface area (Å²) in [5, 5.41) is 78.8. The molecule has 5 rings (SSSR count). The summed E-state index contributed by atoms with van der Waals surface area (Å²) in [6.07, 6.45) is 0.394. The molecule has 0 bridgehead atoms. The molecular formula is C95H141N17O20. The van der Waals surface area contributed by atoms with Gasteiger partial charge in [0.25, 0.3) is 0 Å². The molecule has 0 fully saturated rings. The number of aliphatic hydroxyl groups is 1. The van der Waals surface area contributed by atoms with E-state index in [0.29, 0.717) is 39.6 Å². The number of aromatic nitrogens is 1. The van der Waals surface area contributed by atoms with Gasteiger partial charge in [-0.2, -0.15) is 0 Å². The molecule has 37 nitrogen and oxygen atoms in total. The van der Waals surface area contributed by atoms with Crippen molar-refractivity contribution in [3.05, 3.63) is 138 Å². The van der Waals surface area contributed by atoms with Crippen molar-refractivity contribution in [1.82, 2.24) is 79.4 Å². The van der Waals surface area contributed by atoms with E-state index in [-0.39, 0.29) is 113 Å². The molecule has 0 aliphatic heterocycles. The zero-order chi connectivity index (χ0) is 98.3. The second-order valence-electron chi connectivity index (χ2n) is 36.3. The van der Waals surface area contributed by atoms with Crippen LogP contribution in [0.15, 0.2) is 115 Å². The Morgan fingerprint density at radius 3 is 1.15 bits per heavy atom. The third-order valence-electron chi connectivity index (χ3n) is 22.4. The summed E-state index contributed by atoms with van der Waals surface area (Å²) in [5.41, 5.74) is 14.6. The first kappa shape index (κ1) is 110. The molecule has 0 saturated heterocycles. The van der Waals surface area contributed by atoms with Gasteiger partial charge in [-0.3, -0.25) is 71.9 Å². The van der Waals surface area contributed by atoms with E-state index >= 15 is 19.2 Å². The zero-order valence-electron chi connectivity index (χ0n) is 78.5. The summed E-state index contributed by atoms with van der Waals surface area (Å²) in [4.78, 5) is 232. The van der Waals surface area contributed by atoms with E-state index in [1.807, 2.05) is 13.8 Å². The van der Waals surface area contributed by atoms with Crippen molar-refractivity contribution < 1.29 is 97.1 Å². The number of aromatic hydroxyl groups is 1. The molecule has 0 aliphatic rings. The average Bonchev–Trinajstić information content (AvgIpc) is 1.59. The molecule has 1 heterocycles. The van der Waals surface area contributed by atoms with Crippen LogP contribution in [0, 0.1) is 41.4 Å². The number of aliphatic carboxylic acids is 2. The van der Waals surface area contributed by atoms with E-state index < -0.39 is 217 Å². The number of carboxylic acids is 2. The Hall–Kier alpha value is -12.4. The number of fused-ring (bicyclic) bond motifs is 1. The molecule has 0 saturated carbocycles. The van der Waals surface area contributed by atoms with Crippen molar-refractivity contribution in [2.24, 2.45) is 52.9 Å². The van der Waals surface area contributed by atoms with Crippen molar-refractivity contribution >= 4 is 106 Å². The molecule has 23 N–H and O–H groups in total. The van der Waals surface area contributed by atoms with Gasteiger partial charge in [0, 0.05) is 49.2 Å². The van der Waals surface area contributed by atoms with Crippen LogP contribution in [0.25, 0.3) is 10.9 Å². The number of carbonyl (C=O) groups is 16. The number of unbranched alkanes of at least 4 members (excludes halogenated alkanes) is 1. The maximum Gasteiger partial charge on any atom is 0.326 e. The molecule has 1 aromatic heterocycles. The number of aromatic amines is 1. The first-order valence-corrected chi connectivity index (χ1v) is 45.5. The van der Waals surface area contributed by atoms with Crippen molar-refractivity contribution in [2.75, 3.05) is 13.2 Å². The van der Waals surface area contributed by atoms with Gasteiger partial charge in [0.1, 0.15) is 90.3 Å². The Morgan fingerprint density at radius 1 is 0.356 bits per heavy atom. The summed E-state index contributed by atoms with van der Waals surface area (Å²) < 4.78 is 0. The van der Waals surface area contributed by atoms with Crippen LogP contribution in [-0.4, -0.2) is 224 Å². The first-order chi connectivity index (χ1) is 62.3. The Balaban J connectivity index is 1.44. The predicted octanol–water partition coefficient (Wildman–Crippen LogP) is 2.89. The fourth-order valence-corrected chi connectivity index (χ4v) is 14.6. The average molecular weight is 1840 g/mol. The Kier molecular flexibility index (Phi) is 46.0. The van der Waals surface area contributed by atoms with Crippen LogP contribution >= 0.6 is 0 Å². The van der Waals surface area contributed by atoms with Crippen molar-refractivity contribution in [2.45, 2.75) is 284 Å². The number of nitrogens with two attached hydrogens (primary N) is 2. The molecule has 132 heavy (non-hydrogen) atoms. The Labute approximate surface area is 772 Å². The van der Waals surface area contributed by atoms with Crippen LogP contribution < -0.4 is 85.9 Å². The number of H-pyrrole nitrogens is 1. The lowest BCUT2D eigenvalue weighted by molar-refractivity contribution is -0.143. The summed E-state index contributed by atoms with van der Waals surface area (Å²) >= 11 is 0. The molecule has 0 aliphatic carbocycles. The topological polar surface area (TPSA) is 590 Å². The third kappa shape index (κ3) is 37.1. The number of nitrogens with one attached hydrogen (secondary N) is 15. The van der Waals surface area contributed by atoms with Crippen molar-refractivity contribution in [3.8, 4) is 5.75 Å². The second-order valence-corrected chi connectivity index (χ2v) is 36.3. The quantitative estimate of drug-likeness (QED) is 0.0249. The first-order valence-electron chi connectivity index (χ1n) is 45.5. The minimum absolute atomic E-state index is 0.0113. The van der Waals surface area contributed by atoms with E-state index in [4.69, 9.17) is 11.5 Å². The lowest BCUT2D eigenvalue weighted by atomic mass is 9.96. The van der Waals surface area contributed by atoms with Gasteiger partial charge >= 0.3 is 11.9 Å². The third-order valence-corrected chi connectivity index (χ3v) is 22.4. The number of carbonyl (C=O) groups excluding carboxylic acids is 14. The molecule has 16 atom stereocenters. The highest BCUT2D eigenvalue weighted by atomic mass is 16.4. The zero-order valence-corrected chi connectivity index (χ0v) is 78.5. The molecule has 0 radical (unpaired) electrons. The van der Waals surface area contributed by atoms with Crippen LogP contribution in [0.5, 0.6) is 5.75 Å². The van der Waals surface area contributed by atoms with Crippen LogP contribution in [0.1, 0.15) is 190 Å². The number of amides is 14. The SMILES string of the molecule is CC[C@H](C)[C@H](NC(=O)[C@H](C)NC(=O)[C@H](Cc1ccccc1)NC(=O)[C@H](CO)NC(=O)[C@@H](N)C(C)C)C(=O)N[C@@H](CCCCN)C(=O)N[C@@H](Cc1c[nH]c2ccccc12)C(=O)N[C@@H](CCC(=O)O)C(=O)N[C@@H](Cc1ccc(O)cc1)C(=O)N[C@H](C(=O)N[C@@H](CC(C)C)C(=O)N[C@@H](CC(C)C)C(=O)N[C@@H](CC(C)C)C(=O)N[C@@H](Cc1ccccc1)C(=O)N[C@@H](CC(C)C)C(=O)O)C(C)C. The highest BCUT2D eigenvalue weighted by molar-refractivity contribution is 6.01. The molecule has 4 aromatic carbocycles. The van der Waals surface area contributed by atoms with Gasteiger partial charge in [0.2, 0.25) is 82.7 Å². The lowest BCUT2D eigenvalue weighted by Gasteiger charge is -2.30. The highest BCUT2D eigenvalue weighted by Crippen LogP contribution is 2.23. The Morgan fingerprint density at radius 2 is 0.712 bits per heavy atom. The van der Waals surface area contributed by atoms with Crippen LogP contribution in [0.3, 0.4) is 0 Å². The number of para-hydroxylation sites is 1. The minimum Gasteiger partial charge on any atom is -0.508 e. The van der Waals surface area contributed by atoms with Gasteiger partial charge in [0.15, 0.2) is 0 Å². The molecule has 14 amide bonds. The normalized spacial score (nSPS) is 15.1. The molecule has 37 heteroatoms. The molecule has 0 spiro atoms. The van der Waals surface area contributed by atoms with Gasteiger partial charge < -0.3 is 111 Å². The van der Waals surface area contributed by atoms with Gasteiger partial charge in [-0.05, 0) is 147 Å². The minimum atomic E-state index is -1.80. The molecule has 726 valence electrons. The number of phenols is 1. The van der Waals surface area contributed by atoms with Gasteiger partial charge in [-0.25, -0.2) is 4.79 Å². The standard InChI is InChI=1S/C95H141N17O20/c1-16-57(14)80(112-81(117)58(15)99-84(120)71(45-59-27-19-17-20-28-59)106-91(127)76(50-113)110-92(128)78(97)55(10)11)94(130)101-66(33-25-26-40-96)82(118)107-74(48-62-49-98-65-32-24-23-31-64(62)65)89(125)100-67(38-39-77(115)116)83(119)104-73(47-61-34-36-63(114)37-35-61)90(126)111-79(56(12)13)93(129)108-70(43-53(6)7)87(123)103-68(41-51(2)3)85(121)102-69(42-52(4)5)86(122)105-72(46-60-29-21-18-22-30-60)88(124)109-75(95(131)132)44-54(8)9/h17-24,27-32,34-37,49,51-58,66-76,78-80,98,113-114H,16,25-26,33,38-48,50,96-97H2,1-15H3,(H,99,120)(H,100,125)(H,101,130)(H,102,121)(H,103,123)(H,104,119)(H,105,122)(H,106,127)(H,107,118)(H,108,129)(H,109,124)(H,110,128)(H,111,126)(H,112,117)(H,115,116)(H,131,132)/t57-,58-,66-,67-,68-,69-,70-,71-,72-,73-,74-,75-,76-,78-,79-,80-/m0/s1. The lowest BCUT2D eigenvalue weighted by Crippen LogP contribution is -2.62. The monoisotopic (exact) mass is 1840 g/mol. The highest BCUT2D eigenvalue weighted by Gasteiger charge is 2.41. The largest absolute Gasteiger partial charge is 0.508 e. The number of rotatable bonds is 57. The van der Waals surface area contributed by atoms with Gasteiger partial charge in [-0.15, -0.1) is 0 Å². The van der Waals surface area contributed by atoms with Crippen molar-refractivity contribution in [1.29, 1.82) is 0 Å². The van der Waals surface area contributed by atoms with E-state index in [1.54, 1.807) is 174 Å². The molecular weight excluding hydrogens is 1700 g/mol. The summed E-state index contributed by atoms with van der Waals surface area (Å²) in [5.74, 6) is -17.7. The number of carboxylic acid groups (broad SMARTS) is 2. The number of hydrogen-bond acceptors (Lipinski definition) is 20. The summed E-state index contributed by atoms with van der Waals surface area (Å²) in [6, 6.07) is 8.47. The molecule has 5 aromatic rings. The summed E-state index contributed by atoms with van der Waals surface area (Å²) in [7, 11) is 0. The summed E-state index contributed by atoms with van der Waals surface area (Å²) in [6.45, 7) is 25.0. The van der Waals surface area contributed by atoms with E-state index in [1.165, 1.54) is 31.2 Å². The van der Waals surface area contributed by atoms with E-state index in [0.717, 1.165) is 0 Å². The Bertz CT molecular complexity index is 4640. The maximum absolute atomic E-state index is 15.3. The van der Waals surface area contributed by atoms with Crippen LogP contribution in [-0.2, 0) is 102 Å². The number of phenolic OH excluding ortho intramolecular Hbond substituents is 1. The van der Waals surface area contributed by atoms with E-state index in [9.17, 15) is 78.0 Å². The van der Waals surface area contributed by atoms with Crippen molar-refractivity contribution in [3.63, 3.8) is 0 Å². The maximum atomic E-state index is 15.3. The molecule has 0 unspecified atom stereocenters. The number of aliphatic hydroxyl groups excluding tert-OH is 1. The smallest absolute Gasteiger partial charge is 0.326 e. The van der Waals surface area contributed by atoms with Gasteiger partial charge in [-0.1, -0.05) is 194 Å². The number of hydrogen-bond donors (Lipinski definition) is 21.